The van der Waals surface area contributed by atoms with Crippen LogP contribution in [0.1, 0.15) is 44.6 Å². The molecule has 1 aromatic heterocycles. The molecule has 1 aromatic rings. The number of hydrogen-bond acceptors (Lipinski definition) is 5. The van der Waals surface area contributed by atoms with Crippen LogP contribution in [0.25, 0.3) is 6.08 Å². The van der Waals surface area contributed by atoms with Crippen LogP contribution in [0.5, 0.6) is 0 Å². The molecule has 0 aromatic carbocycles. The number of carbonyl (C=O) groups is 3. The second kappa shape index (κ2) is 7.07. The minimum atomic E-state index is -0.660. The maximum Gasteiger partial charge on any atom is 0.326 e. The Morgan fingerprint density at radius 3 is 2.44 bits per heavy atom. The molecule has 0 spiro atoms. The topological polar surface area (TPSA) is 68.6 Å². The normalized spacial score (nSPS) is 16.9. The van der Waals surface area contributed by atoms with Gasteiger partial charge in [-0.3, -0.25) is 19.3 Å². The molecule has 2 rings (SSSR count). The number of carbonyl (C=O) groups excluding carboxylic acids is 3. The summed E-state index contributed by atoms with van der Waals surface area (Å²) in [6, 6.07) is 1.99. The summed E-state index contributed by atoms with van der Waals surface area (Å²) in [4.78, 5) is 37.8. The van der Waals surface area contributed by atoms with Gasteiger partial charge in [-0.2, -0.15) is 0 Å². The molecule has 0 bridgehead atoms. The van der Waals surface area contributed by atoms with E-state index < -0.39 is 22.7 Å². The minimum absolute atomic E-state index is 0.324. The zero-order chi connectivity index (χ0) is 18.9. The van der Waals surface area contributed by atoms with E-state index in [1.807, 2.05) is 19.9 Å². The molecule has 1 fully saturated rings. The van der Waals surface area contributed by atoms with E-state index in [9.17, 15) is 14.4 Å². The molecule has 2 amide bonds. The molecule has 1 aliphatic heterocycles. The van der Waals surface area contributed by atoms with Crippen molar-refractivity contribution in [3.8, 4) is 0 Å². The summed E-state index contributed by atoms with van der Waals surface area (Å²) in [7, 11) is 0. The summed E-state index contributed by atoms with van der Waals surface area (Å²) in [6.07, 6.45) is 1.72. The van der Waals surface area contributed by atoms with Crippen LogP contribution in [0.15, 0.2) is 11.0 Å². The molecular weight excluding hydrogens is 340 g/mol. The first kappa shape index (κ1) is 19.3. The summed E-state index contributed by atoms with van der Waals surface area (Å²) in [5.74, 6) is -1.05. The highest BCUT2D eigenvalue weighted by atomic mass is 32.2. The molecular formula is C18H24N2O4S. The first-order valence-electron chi connectivity index (χ1n) is 8.17. The van der Waals surface area contributed by atoms with E-state index in [-0.39, 0.29) is 6.54 Å². The van der Waals surface area contributed by atoms with Crippen LogP contribution in [0.3, 0.4) is 0 Å². The lowest BCUT2D eigenvalue weighted by atomic mass is 10.2. The van der Waals surface area contributed by atoms with Gasteiger partial charge in [-0.25, -0.2) is 0 Å². The highest BCUT2D eigenvalue weighted by Gasteiger charge is 2.37. The van der Waals surface area contributed by atoms with Crippen molar-refractivity contribution in [2.45, 2.75) is 53.7 Å². The van der Waals surface area contributed by atoms with Crippen LogP contribution in [-0.4, -0.2) is 38.7 Å². The maximum absolute atomic E-state index is 12.5. The third-order valence-corrected chi connectivity index (χ3v) is 4.70. The Morgan fingerprint density at radius 1 is 1.28 bits per heavy atom. The summed E-state index contributed by atoms with van der Waals surface area (Å²) >= 11 is 0.850. The van der Waals surface area contributed by atoms with Crippen molar-refractivity contribution < 1.29 is 19.1 Å². The predicted octanol–water partition coefficient (Wildman–Crippen LogP) is 3.50. The van der Waals surface area contributed by atoms with Gasteiger partial charge in [0.05, 0.1) is 4.91 Å². The zero-order valence-electron chi connectivity index (χ0n) is 15.5. The SMILES string of the molecule is CCn1c(C)cc(/C=C2/SC(=O)N(CC(=O)OC(C)(C)C)C2=O)c1C. The molecule has 25 heavy (non-hydrogen) atoms. The summed E-state index contributed by atoms with van der Waals surface area (Å²) in [5, 5.41) is -0.452. The number of thioether (sulfide) groups is 1. The molecule has 0 unspecified atom stereocenters. The van der Waals surface area contributed by atoms with Gasteiger partial charge >= 0.3 is 5.97 Å². The molecule has 0 saturated carbocycles. The third-order valence-electron chi connectivity index (χ3n) is 3.80. The van der Waals surface area contributed by atoms with E-state index in [0.29, 0.717) is 4.91 Å². The van der Waals surface area contributed by atoms with Crippen molar-refractivity contribution in [3.63, 3.8) is 0 Å². The zero-order valence-corrected chi connectivity index (χ0v) is 16.3. The Balaban J connectivity index is 2.19. The van der Waals surface area contributed by atoms with Gasteiger partial charge in [0.25, 0.3) is 11.1 Å². The third kappa shape index (κ3) is 4.34. The molecule has 1 saturated heterocycles. The number of aromatic nitrogens is 1. The fourth-order valence-corrected chi connectivity index (χ4v) is 3.57. The van der Waals surface area contributed by atoms with Crippen LogP contribution in [0, 0.1) is 13.8 Å². The summed E-state index contributed by atoms with van der Waals surface area (Å²) in [6.45, 7) is 11.7. The second-order valence-corrected chi connectivity index (χ2v) is 7.92. The van der Waals surface area contributed by atoms with E-state index >= 15 is 0 Å². The fourth-order valence-electron chi connectivity index (χ4n) is 2.74. The lowest BCUT2D eigenvalue weighted by molar-refractivity contribution is -0.156. The number of imide groups is 1. The second-order valence-electron chi connectivity index (χ2n) is 6.93. The molecule has 0 radical (unpaired) electrons. The first-order chi connectivity index (χ1) is 11.5. The largest absolute Gasteiger partial charge is 0.459 e. The summed E-state index contributed by atoms with van der Waals surface area (Å²) in [5.41, 5.74) is 2.38. The molecule has 1 aliphatic rings. The maximum atomic E-state index is 12.5. The smallest absolute Gasteiger partial charge is 0.326 e. The lowest BCUT2D eigenvalue weighted by Crippen LogP contribution is -2.37. The molecule has 0 N–H and O–H groups in total. The Labute approximate surface area is 152 Å². The van der Waals surface area contributed by atoms with Crippen LogP contribution < -0.4 is 0 Å². The lowest BCUT2D eigenvalue weighted by Gasteiger charge is -2.21. The fraction of sp³-hybridized carbons (Fsp3) is 0.500. The number of nitrogens with zero attached hydrogens (tertiary/aromatic N) is 2. The molecule has 7 heteroatoms. The monoisotopic (exact) mass is 364 g/mol. The highest BCUT2D eigenvalue weighted by Crippen LogP contribution is 2.33. The van der Waals surface area contributed by atoms with Gasteiger partial charge in [-0.05, 0) is 71.0 Å². The average molecular weight is 364 g/mol. The number of esters is 1. The number of amides is 2. The Hall–Kier alpha value is -2.02. The molecule has 0 atom stereocenters. The van der Waals surface area contributed by atoms with E-state index in [0.717, 1.165) is 40.2 Å². The number of rotatable bonds is 4. The van der Waals surface area contributed by atoms with Crippen molar-refractivity contribution in [1.82, 2.24) is 9.47 Å². The van der Waals surface area contributed by atoms with Gasteiger partial charge in [0.15, 0.2) is 0 Å². The number of aryl methyl sites for hydroxylation is 1. The number of ether oxygens (including phenoxy) is 1. The number of hydrogen-bond donors (Lipinski definition) is 0. The van der Waals surface area contributed by atoms with Crippen molar-refractivity contribution in [3.05, 3.63) is 27.9 Å². The Bertz CT molecular complexity index is 756. The Morgan fingerprint density at radius 2 is 1.92 bits per heavy atom. The van der Waals surface area contributed by atoms with Crippen LogP contribution in [0.2, 0.25) is 0 Å². The van der Waals surface area contributed by atoms with Crippen molar-refractivity contribution >= 4 is 35.0 Å². The average Bonchev–Trinajstić information content (AvgIpc) is 2.88. The van der Waals surface area contributed by atoms with Crippen LogP contribution >= 0.6 is 11.8 Å². The molecule has 136 valence electrons. The first-order valence-corrected chi connectivity index (χ1v) is 8.99. The van der Waals surface area contributed by atoms with Gasteiger partial charge in [0, 0.05) is 17.9 Å². The quantitative estimate of drug-likeness (QED) is 0.604. The minimum Gasteiger partial charge on any atom is -0.459 e. The molecule has 6 nitrogen and oxygen atoms in total. The van der Waals surface area contributed by atoms with E-state index in [2.05, 4.69) is 11.5 Å². The van der Waals surface area contributed by atoms with Crippen molar-refractivity contribution in [2.75, 3.05) is 6.54 Å². The molecule has 0 aliphatic carbocycles. The van der Waals surface area contributed by atoms with Crippen LogP contribution in [0.4, 0.5) is 4.79 Å². The van der Waals surface area contributed by atoms with Gasteiger partial charge in [0.1, 0.15) is 12.1 Å². The Kier molecular flexibility index (Phi) is 5.46. The molecule has 2 heterocycles. The highest BCUT2D eigenvalue weighted by molar-refractivity contribution is 8.18. The van der Waals surface area contributed by atoms with E-state index in [4.69, 9.17) is 4.74 Å². The van der Waals surface area contributed by atoms with Gasteiger partial charge in [-0.15, -0.1) is 0 Å². The van der Waals surface area contributed by atoms with E-state index in [1.54, 1.807) is 26.8 Å². The van der Waals surface area contributed by atoms with Gasteiger partial charge in [0.2, 0.25) is 0 Å². The van der Waals surface area contributed by atoms with Crippen molar-refractivity contribution in [1.29, 1.82) is 0 Å². The van der Waals surface area contributed by atoms with Crippen molar-refractivity contribution in [2.24, 2.45) is 0 Å². The van der Waals surface area contributed by atoms with E-state index in [1.165, 1.54) is 0 Å². The standard InChI is InChI=1S/C18H24N2O4S/c1-7-19-11(2)8-13(12(19)3)9-14-16(22)20(17(23)25-14)10-15(21)24-18(4,5)6/h8-9H,7,10H2,1-6H3/b14-9+. The van der Waals surface area contributed by atoms with Gasteiger partial charge in [-0.1, -0.05) is 0 Å². The van der Waals surface area contributed by atoms with Gasteiger partial charge < -0.3 is 9.30 Å². The predicted molar refractivity (Wildman–Crippen MR) is 98.1 cm³/mol. The summed E-state index contributed by atoms with van der Waals surface area (Å²) < 4.78 is 7.32. The van der Waals surface area contributed by atoms with Crippen LogP contribution in [-0.2, 0) is 20.9 Å².